The number of fused-ring (bicyclic) bond motifs is 1. The van der Waals surface area contributed by atoms with E-state index in [1.807, 2.05) is 0 Å². The van der Waals surface area contributed by atoms with Crippen LogP contribution in [0.25, 0.3) is 11.0 Å². The van der Waals surface area contributed by atoms with Gasteiger partial charge < -0.3 is 15.0 Å². The second kappa shape index (κ2) is 6.80. The number of aryl methyl sites for hydroxylation is 3. The quantitative estimate of drug-likeness (QED) is 0.892. The molecule has 1 atom stereocenters. The molecule has 1 unspecified atom stereocenters. The summed E-state index contributed by atoms with van der Waals surface area (Å²) in [5, 5.41) is 13.2. The van der Waals surface area contributed by atoms with Gasteiger partial charge in [0.2, 0.25) is 0 Å². The number of aromatic nitrogens is 2. The molecule has 1 aromatic heterocycles. The van der Waals surface area contributed by atoms with Gasteiger partial charge in [0.1, 0.15) is 12.4 Å². The molecule has 1 aromatic carbocycles. The smallest absolute Gasteiger partial charge is 0.135 e. The third-order valence-corrected chi connectivity index (χ3v) is 5.01. The van der Waals surface area contributed by atoms with Crippen molar-refractivity contribution in [2.75, 3.05) is 6.54 Å². The lowest BCUT2D eigenvalue weighted by Gasteiger charge is -2.23. The number of nitrogens with one attached hydrogen (secondary N) is 1. The maximum atomic E-state index is 9.63. The van der Waals surface area contributed by atoms with E-state index in [0.717, 1.165) is 29.8 Å². The average molecular weight is 301 g/mol. The predicted molar refractivity (Wildman–Crippen MR) is 90.0 cm³/mol. The Kier molecular flexibility index (Phi) is 4.79. The molecule has 0 bridgehead atoms. The lowest BCUT2D eigenvalue weighted by molar-refractivity contribution is 0.264. The van der Waals surface area contributed by atoms with E-state index in [4.69, 9.17) is 0 Å². The summed E-state index contributed by atoms with van der Waals surface area (Å²) in [6.45, 7) is 6.34. The molecule has 0 aliphatic carbocycles. The summed E-state index contributed by atoms with van der Waals surface area (Å²) in [6, 6.07) is 4.97. The number of hydrogen-bond donors (Lipinski definition) is 2. The number of aliphatic hydroxyl groups is 1. The minimum absolute atomic E-state index is 0.00878. The lowest BCUT2D eigenvalue weighted by atomic mass is 10.0. The van der Waals surface area contributed by atoms with E-state index in [1.165, 1.54) is 43.4 Å². The van der Waals surface area contributed by atoms with Crippen molar-refractivity contribution in [2.45, 2.75) is 65.1 Å². The normalized spacial score (nSPS) is 19.0. The van der Waals surface area contributed by atoms with Crippen LogP contribution in [0.15, 0.2) is 12.1 Å². The minimum Gasteiger partial charge on any atom is -0.388 e. The van der Waals surface area contributed by atoms with Gasteiger partial charge in [0.15, 0.2) is 0 Å². The summed E-state index contributed by atoms with van der Waals surface area (Å²) in [5.74, 6) is 0.792. The van der Waals surface area contributed by atoms with Crippen LogP contribution in [0.5, 0.6) is 0 Å². The fraction of sp³-hybridized carbons (Fsp3) is 0.611. The third kappa shape index (κ3) is 3.03. The van der Waals surface area contributed by atoms with Gasteiger partial charge in [-0.1, -0.05) is 12.5 Å². The van der Waals surface area contributed by atoms with Gasteiger partial charge in [-0.15, -0.1) is 0 Å². The summed E-state index contributed by atoms with van der Waals surface area (Å²) >= 11 is 0. The molecule has 0 radical (unpaired) electrons. The second-order valence-corrected chi connectivity index (χ2v) is 6.50. The van der Waals surface area contributed by atoms with E-state index in [1.54, 1.807) is 0 Å². The van der Waals surface area contributed by atoms with Crippen LogP contribution < -0.4 is 5.32 Å². The van der Waals surface area contributed by atoms with Gasteiger partial charge in [-0.05, 0) is 63.3 Å². The second-order valence-electron chi connectivity index (χ2n) is 6.50. The Bertz CT molecular complexity index is 641. The van der Waals surface area contributed by atoms with Gasteiger partial charge in [0, 0.05) is 12.6 Å². The molecule has 3 rings (SSSR count). The van der Waals surface area contributed by atoms with Crippen LogP contribution in [0.2, 0.25) is 0 Å². The molecule has 0 amide bonds. The van der Waals surface area contributed by atoms with E-state index < -0.39 is 0 Å². The van der Waals surface area contributed by atoms with Crippen molar-refractivity contribution in [3.8, 4) is 0 Å². The molecule has 120 valence electrons. The molecular formula is C18H27N3O. The zero-order valence-corrected chi connectivity index (χ0v) is 13.7. The molecule has 2 heterocycles. The minimum atomic E-state index is 0.00878. The van der Waals surface area contributed by atoms with E-state index in [-0.39, 0.29) is 6.61 Å². The number of rotatable bonds is 5. The van der Waals surface area contributed by atoms with Crippen LogP contribution in [-0.2, 0) is 13.2 Å². The first-order chi connectivity index (χ1) is 10.7. The Balaban J connectivity index is 1.76. The molecule has 0 spiro atoms. The number of piperidine rings is 1. The number of benzene rings is 1. The molecule has 1 fully saturated rings. The van der Waals surface area contributed by atoms with Crippen LogP contribution in [0.4, 0.5) is 0 Å². The fourth-order valence-electron chi connectivity index (χ4n) is 3.51. The van der Waals surface area contributed by atoms with Crippen LogP contribution >= 0.6 is 0 Å². The first kappa shape index (κ1) is 15.5. The first-order valence-corrected chi connectivity index (χ1v) is 8.50. The molecule has 1 saturated heterocycles. The van der Waals surface area contributed by atoms with Crippen molar-refractivity contribution < 1.29 is 5.11 Å². The van der Waals surface area contributed by atoms with Crippen molar-refractivity contribution in [1.29, 1.82) is 0 Å². The zero-order chi connectivity index (χ0) is 15.5. The Morgan fingerprint density at radius 1 is 1.32 bits per heavy atom. The van der Waals surface area contributed by atoms with Gasteiger partial charge in [-0.2, -0.15) is 0 Å². The van der Waals surface area contributed by atoms with Crippen molar-refractivity contribution in [3.63, 3.8) is 0 Å². The van der Waals surface area contributed by atoms with Crippen LogP contribution in [0.1, 0.15) is 49.1 Å². The number of aliphatic hydroxyl groups excluding tert-OH is 1. The van der Waals surface area contributed by atoms with Gasteiger partial charge >= 0.3 is 0 Å². The van der Waals surface area contributed by atoms with Crippen LogP contribution in [0.3, 0.4) is 0 Å². The summed E-state index contributed by atoms with van der Waals surface area (Å²) in [7, 11) is 0. The monoisotopic (exact) mass is 301 g/mol. The highest BCUT2D eigenvalue weighted by atomic mass is 16.3. The number of imidazole rings is 1. The molecule has 22 heavy (non-hydrogen) atoms. The Hall–Kier alpha value is -1.39. The molecule has 0 saturated carbocycles. The highest BCUT2D eigenvalue weighted by Crippen LogP contribution is 2.23. The Morgan fingerprint density at radius 2 is 2.18 bits per heavy atom. The average Bonchev–Trinajstić information content (AvgIpc) is 2.91. The van der Waals surface area contributed by atoms with Gasteiger partial charge in [-0.3, -0.25) is 0 Å². The summed E-state index contributed by atoms with van der Waals surface area (Å²) in [5.41, 5.74) is 4.68. The van der Waals surface area contributed by atoms with Gasteiger partial charge in [0.05, 0.1) is 11.0 Å². The van der Waals surface area contributed by atoms with E-state index in [9.17, 15) is 5.11 Å². The SMILES string of the molecule is Cc1ccc2c(nc(CO)n2CCCC2CCCCN2)c1C. The standard InChI is InChI=1S/C18H27N3O/c1-13-8-9-16-18(14(13)2)20-17(12-22)21(16)11-5-7-15-6-3-4-10-19-15/h8-9,15,19,22H,3-7,10-12H2,1-2H3. The summed E-state index contributed by atoms with van der Waals surface area (Å²) in [4.78, 5) is 4.65. The van der Waals surface area contributed by atoms with Crippen molar-refractivity contribution in [2.24, 2.45) is 0 Å². The Labute approximate surface area is 132 Å². The van der Waals surface area contributed by atoms with E-state index >= 15 is 0 Å². The zero-order valence-electron chi connectivity index (χ0n) is 13.7. The van der Waals surface area contributed by atoms with E-state index in [0.29, 0.717) is 6.04 Å². The van der Waals surface area contributed by atoms with Crippen molar-refractivity contribution in [3.05, 3.63) is 29.1 Å². The first-order valence-electron chi connectivity index (χ1n) is 8.50. The Morgan fingerprint density at radius 3 is 2.91 bits per heavy atom. The molecule has 4 nitrogen and oxygen atoms in total. The molecule has 2 aromatic rings. The molecule has 2 N–H and O–H groups in total. The highest BCUT2D eigenvalue weighted by Gasteiger charge is 2.15. The maximum absolute atomic E-state index is 9.63. The molecule has 1 aliphatic rings. The molecule has 4 heteroatoms. The topological polar surface area (TPSA) is 50.1 Å². The highest BCUT2D eigenvalue weighted by molar-refractivity contribution is 5.80. The maximum Gasteiger partial charge on any atom is 0.135 e. The molecular weight excluding hydrogens is 274 g/mol. The summed E-state index contributed by atoms with van der Waals surface area (Å²) in [6.07, 6.45) is 6.30. The largest absolute Gasteiger partial charge is 0.388 e. The van der Waals surface area contributed by atoms with Crippen molar-refractivity contribution >= 4 is 11.0 Å². The number of hydrogen-bond acceptors (Lipinski definition) is 3. The fourth-order valence-corrected chi connectivity index (χ4v) is 3.51. The van der Waals surface area contributed by atoms with Gasteiger partial charge in [0.25, 0.3) is 0 Å². The summed E-state index contributed by atoms with van der Waals surface area (Å²) < 4.78 is 2.20. The predicted octanol–water partition coefficient (Wildman–Crippen LogP) is 3.07. The van der Waals surface area contributed by atoms with Crippen LogP contribution in [0, 0.1) is 13.8 Å². The van der Waals surface area contributed by atoms with Crippen LogP contribution in [-0.4, -0.2) is 27.2 Å². The third-order valence-electron chi connectivity index (χ3n) is 5.01. The van der Waals surface area contributed by atoms with E-state index in [2.05, 4.69) is 40.8 Å². The van der Waals surface area contributed by atoms with Gasteiger partial charge in [-0.25, -0.2) is 4.98 Å². The number of nitrogens with zero attached hydrogens (tertiary/aromatic N) is 2. The molecule has 1 aliphatic heterocycles. The van der Waals surface area contributed by atoms with Crippen molar-refractivity contribution in [1.82, 2.24) is 14.9 Å². The lowest BCUT2D eigenvalue weighted by Crippen LogP contribution is -2.34.